The molecule has 2 aliphatic rings. The van der Waals surface area contributed by atoms with Gasteiger partial charge in [-0.1, -0.05) is 0 Å². The molecule has 1 aliphatic heterocycles. The zero-order valence-corrected chi connectivity index (χ0v) is 9.94. The van der Waals surface area contributed by atoms with Crippen molar-refractivity contribution in [1.29, 1.82) is 0 Å². The molecule has 1 heterocycles. The van der Waals surface area contributed by atoms with Crippen LogP contribution in [0.1, 0.15) is 36.3 Å². The molecule has 1 aromatic carbocycles. The summed E-state index contributed by atoms with van der Waals surface area (Å²) in [5.41, 5.74) is 15.9. The molecule has 0 saturated carbocycles. The van der Waals surface area contributed by atoms with E-state index in [1.165, 1.54) is 11.1 Å². The van der Waals surface area contributed by atoms with Crippen molar-refractivity contribution in [2.45, 2.75) is 25.2 Å². The van der Waals surface area contributed by atoms with Gasteiger partial charge in [0.25, 0.3) is 0 Å². The lowest BCUT2D eigenvalue weighted by molar-refractivity contribution is -0.130. The molecule has 1 fully saturated rings. The minimum absolute atomic E-state index is 0.152. The van der Waals surface area contributed by atoms with E-state index in [0.29, 0.717) is 11.8 Å². The van der Waals surface area contributed by atoms with Crippen molar-refractivity contribution in [3.05, 3.63) is 23.3 Å². The number of nitrogen functional groups attached to an aromatic ring is 2. The number of hydrogen-bond donors (Lipinski definition) is 2. The predicted octanol–water partition coefficient (Wildman–Crippen LogP) is 1.28. The van der Waals surface area contributed by atoms with Crippen molar-refractivity contribution in [3.63, 3.8) is 0 Å². The average Bonchev–Trinajstić information content (AvgIpc) is 2.50. The zero-order chi connectivity index (χ0) is 12.2. The van der Waals surface area contributed by atoms with Crippen LogP contribution in [0.3, 0.4) is 0 Å². The van der Waals surface area contributed by atoms with Crippen molar-refractivity contribution in [2.24, 2.45) is 0 Å². The van der Waals surface area contributed by atoms with Gasteiger partial charge < -0.3 is 16.4 Å². The predicted molar refractivity (Wildman–Crippen MR) is 67.6 cm³/mol. The van der Waals surface area contributed by atoms with Gasteiger partial charge in [0.15, 0.2) is 0 Å². The maximum atomic E-state index is 11.5. The lowest BCUT2D eigenvalue weighted by atomic mass is 9.95. The summed E-state index contributed by atoms with van der Waals surface area (Å²) in [7, 11) is 0. The summed E-state index contributed by atoms with van der Waals surface area (Å²) in [6.45, 7) is 3.24. The molecule has 1 saturated heterocycles. The molecule has 17 heavy (non-hydrogen) atoms. The fourth-order valence-electron chi connectivity index (χ4n) is 3.32. The van der Waals surface area contributed by atoms with Crippen LogP contribution in [0.25, 0.3) is 0 Å². The number of rotatable bonds is 0. The van der Waals surface area contributed by atoms with Crippen LogP contribution in [0, 0.1) is 0 Å². The monoisotopic (exact) mass is 231 g/mol. The van der Waals surface area contributed by atoms with Crippen LogP contribution >= 0.6 is 0 Å². The van der Waals surface area contributed by atoms with Gasteiger partial charge in [-0.25, -0.2) is 0 Å². The summed E-state index contributed by atoms with van der Waals surface area (Å²) in [6.07, 6.45) is 1.10. The first-order valence-electron chi connectivity index (χ1n) is 6.00. The number of likely N-dealkylation sites (tertiary alicyclic amines) is 1. The Hall–Kier alpha value is -1.71. The molecule has 4 heteroatoms. The first-order chi connectivity index (χ1) is 8.06. The van der Waals surface area contributed by atoms with Gasteiger partial charge in [-0.15, -0.1) is 0 Å². The van der Waals surface area contributed by atoms with Crippen molar-refractivity contribution < 1.29 is 4.79 Å². The van der Waals surface area contributed by atoms with E-state index in [2.05, 4.69) is 0 Å². The number of piperidine rings is 1. The number of hydrogen-bond acceptors (Lipinski definition) is 3. The number of amides is 1. The van der Waals surface area contributed by atoms with Gasteiger partial charge in [0.2, 0.25) is 5.91 Å². The molecule has 0 spiro atoms. The van der Waals surface area contributed by atoms with Crippen LogP contribution in [-0.4, -0.2) is 23.9 Å². The Morgan fingerprint density at radius 3 is 2.71 bits per heavy atom. The van der Waals surface area contributed by atoms with E-state index in [1.54, 1.807) is 6.92 Å². The Morgan fingerprint density at radius 2 is 2.00 bits per heavy atom. The molecule has 2 unspecified atom stereocenters. The summed E-state index contributed by atoms with van der Waals surface area (Å²) in [5.74, 6) is 0.964. The second kappa shape index (κ2) is 3.39. The summed E-state index contributed by atoms with van der Waals surface area (Å²) in [6, 6.07) is 3.86. The fourth-order valence-corrected chi connectivity index (χ4v) is 3.32. The third-order valence-corrected chi connectivity index (χ3v) is 4.01. The van der Waals surface area contributed by atoms with Crippen molar-refractivity contribution >= 4 is 17.3 Å². The Morgan fingerprint density at radius 1 is 1.29 bits per heavy atom. The van der Waals surface area contributed by atoms with E-state index in [-0.39, 0.29) is 5.91 Å². The smallest absolute Gasteiger partial charge is 0.219 e. The molecule has 4 nitrogen and oxygen atoms in total. The molecular weight excluding hydrogens is 214 g/mol. The number of fused-ring (bicyclic) bond motifs is 5. The van der Waals surface area contributed by atoms with E-state index >= 15 is 0 Å². The van der Waals surface area contributed by atoms with Crippen LogP contribution in [0.2, 0.25) is 0 Å². The maximum Gasteiger partial charge on any atom is 0.219 e. The molecule has 1 aliphatic carbocycles. The number of nitrogens with two attached hydrogens (primary N) is 2. The minimum atomic E-state index is 0.152. The van der Waals surface area contributed by atoms with E-state index in [4.69, 9.17) is 11.5 Å². The number of carbonyl (C=O) groups excluding carboxylic acids is 1. The van der Waals surface area contributed by atoms with Gasteiger partial charge in [-0.05, 0) is 29.7 Å². The lowest BCUT2D eigenvalue weighted by Gasteiger charge is -2.31. The zero-order valence-electron chi connectivity index (χ0n) is 9.94. The topological polar surface area (TPSA) is 72.3 Å². The van der Waals surface area contributed by atoms with Crippen LogP contribution in [0.4, 0.5) is 11.4 Å². The average molecular weight is 231 g/mol. The quantitative estimate of drug-likeness (QED) is 0.661. The van der Waals surface area contributed by atoms with Crippen LogP contribution in [-0.2, 0) is 4.79 Å². The lowest BCUT2D eigenvalue weighted by Crippen LogP contribution is -2.38. The molecule has 2 bridgehead atoms. The van der Waals surface area contributed by atoms with E-state index in [1.807, 2.05) is 17.0 Å². The van der Waals surface area contributed by atoms with Crippen LogP contribution < -0.4 is 11.5 Å². The second-order valence-corrected chi connectivity index (χ2v) is 5.17. The first kappa shape index (κ1) is 10.4. The summed E-state index contributed by atoms with van der Waals surface area (Å²) < 4.78 is 0. The molecular formula is C13H17N3O. The largest absolute Gasteiger partial charge is 0.399 e. The summed E-state index contributed by atoms with van der Waals surface area (Å²) in [4.78, 5) is 13.4. The summed E-state index contributed by atoms with van der Waals surface area (Å²) in [5, 5.41) is 0. The van der Waals surface area contributed by atoms with E-state index < -0.39 is 0 Å². The molecule has 1 amide bonds. The molecule has 0 radical (unpaired) electrons. The number of carbonyl (C=O) groups is 1. The molecule has 0 aromatic heterocycles. The Labute approximate surface area is 101 Å². The molecule has 3 rings (SSSR count). The Balaban J connectivity index is 2.05. The highest BCUT2D eigenvalue weighted by molar-refractivity contribution is 5.74. The standard InChI is InChI=1S/C13H17N3O/c1-7(17)16-5-8-2-9(6-16)13-11(8)3-10(14)4-12(13)15/h3-4,8-9H,2,5-6,14-15H2,1H3. The van der Waals surface area contributed by atoms with Crippen molar-refractivity contribution in [1.82, 2.24) is 4.90 Å². The highest BCUT2D eigenvalue weighted by Crippen LogP contribution is 2.48. The number of benzene rings is 1. The number of anilines is 2. The van der Waals surface area contributed by atoms with Gasteiger partial charge >= 0.3 is 0 Å². The fraction of sp³-hybridized carbons (Fsp3) is 0.462. The SMILES string of the molecule is CC(=O)N1CC2CC(C1)c1c(N)cc(N)cc12. The van der Waals surface area contributed by atoms with Gasteiger partial charge in [0, 0.05) is 43.2 Å². The molecule has 4 N–H and O–H groups in total. The number of nitrogens with zero attached hydrogens (tertiary/aromatic N) is 1. The second-order valence-electron chi connectivity index (χ2n) is 5.17. The molecule has 2 atom stereocenters. The van der Waals surface area contributed by atoms with Gasteiger partial charge in [0.05, 0.1) is 0 Å². The van der Waals surface area contributed by atoms with E-state index in [0.717, 1.165) is 30.9 Å². The Kier molecular flexibility index (Phi) is 2.08. The third-order valence-electron chi connectivity index (χ3n) is 4.01. The van der Waals surface area contributed by atoms with Gasteiger partial charge in [-0.2, -0.15) is 0 Å². The Bertz CT molecular complexity index is 498. The third kappa shape index (κ3) is 1.47. The van der Waals surface area contributed by atoms with Crippen LogP contribution in [0.5, 0.6) is 0 Å². The summed E-state index contributed by atoms with van der Waals surface area (Å²) >= 11 is 0. The van der Waals surface area contributed by atoms with Crippen molar-refractivity contribution in [3.8, 4) is 0 Å². The highest BCUT2D eigenvalue weighted by atomic mass is 16.2. The van der Waals surface area contributed by atoms with E-state index in [9.17, 15) is 4.79 Å². The highest BCUT2D eigenvalue weighted by Gasteiger charge is 2.39. The van der Waals surface area contributed by atoms with Crippen LogP contribution in [0.15, 0.2) is 12.1 Å². The first-order valence-corrected chi connectivity index (χ1v) is 6.00. The van der Waals surface area contributed by atoms with Crippen molar-refractivity contribution in [2.75, 3.05) is 24.6 Å². The van der Waals surface area contributed by atoms with Gasteiger partial charge in [0.1, 0.15) is 0 Å². The minimum Gasteiger partial charge on any atom is -0.399 e. The van der Waals surface area contributed by atoms with Gasteiger partial charge in [-0.3, -0.25) is 4.79 Å². The molecule has 1 aromatic rings. The molecule has 90 valence electrons. The maximum absolute atomic E-state index is 11.5. The normalized spacial score (nSPS) is 25.8.